The Morgan fingerprint density at radius 2 is 1.77 bits per heavy atom. The van der Waals surface area contributed by atoms with Crippen LogP contribution in [0.15, 0.2) is 42.5 Å². The van der Waals surface area contributed by atoms with Crippen LogP contribution < -0.4 is 4.74 Å². The minimum absolute atomic E-state index is 0.0257. The standard InChI is InChI=1S/C21H16Cl2F2N2O4/c1-11-9-15(12(2)27(11)13-3-5-14(6-4-13)31-21(24)25)17(28)10-30-20(29)19-16(22)7-8-18(23)26-19/h3-9,21H,10H2,1-2H3. The Kier molecular flexibility index (Phi) is 6.92. The topological polar surface area (TPSA) is 70.4 Å². The molecule has 0 N–H and O–H groups in total. The van der Waals surface area contributed by atoms with Crippen molar-refractivity contribution in [3.05, 3.63) is 75.3 Å². The summed E-state index contributed by atoms with van der Waals surface area (Å²) in [6.07, 6.45) is 0. The number of ether oxygens (including phenoxy) is 2. The number of alkyl halides is 2. The summed E-state index contributed by atoms with van der Waals surface area (Å²) in [7, 11) is 0. The predicted molar refractivity (Wildman–Crippen MR) is 111 cm³/mol. The summed E-state index contributed by atoms with van der Waals surface area (Å²) >= 11 is 11.7. The summed E-state index contributed by atoms with van der Waals surface area (Å²) in [5.74, 6) is -1.27. The smallest absolute Gasteiger partial charge is 0.387 e. The van der Waals surface area contributed by atoms with E-state index >= 15 is 0 Å². The van der Waals surface area contributed by atoms with Crippen molar-refractivity contribution in [3.63, 3.8) is 0 Å². The number of nitrogens with zero attached hydrogens (tertiary/aromatic N) is 2. The van der Waals surface area contributed by atoms with Gasteiger partial charge in [-0.3, -0.25) is 4.79 Å². The van der Waals surface area contributed by atoms with Crippen molar-refractivity contribution in [2.24, 2.45) is 0 Å². The van der Waals surface area contributed by atoms with Crippen molar-refractivity contribution in [2.45, 2.75) is 20.5 Å². The molecule has 6 nitrogen and oxygen atoms in total. The third-order valence-corrected chi connectivity index (χ3v) is 4.91. The minimum Gasteiger partial charge on any atom is -0.453 e. The Hall–Kier alpha value is -2.97. The van der Waals surface area contributed by atoms with E-state index in [1.807, 2.05) is 0 Å². The molecule has 0 spiro atoms. The highest BCUT2D eigenvalue weighted by atomic mass is 35.5. The molecule has 0 aliphatic carbocycles. The zero-order valence-corrected chi connectivity index (χ0v) is 17.9. The van der Waals surface area contributed by atoms with Crippen molar-refractivity contribution < 1.29 is 27.8 Å². The molecule has 0 bridgehead atoms. The summed E-state index contributed by atoms with van der Waals surface area (Å²) in [5, 5.41) is 0.121. The van der Waals surface area contributed by atoms with Gasteiger partial charge in [-0.05, 0) is 56.3 Å². The number of pyridine rings is 1. The lowest BCUT2D eigenvalue weighted by Gasteiger charge is -2.11. The van der Waals surface area contributed by atoms with Crippen molar-refractivity contribution in [3.8, 4) is 11.4 Å². The van der Waals surface area contributed by atoms with E-state index in [1.54, 1.807) is 36.6 Å². The first-order valence-electron chi connectivity index (χ1n) is 8.94. The molecule has 0 fully saturated rings. The molecule has 3 rings (SSSR count). The van der Waals surface area contributed by atoms with Crippen molar-refractivity contribution in [1.29, 1.82) is 0 Å². The molecular weight excluding hydrogens is 453 g/mol. The molecule has 31 heavy (non-hydrogen) atoms. The van der Waals surface area contributed by atoms with Crippen molar-refractivity contribution in [1.82, 2.24) is 9.55 Å². The fourth-order valence-electron chi connectivity index (χ4n) is 3.06. The maximum atomic E-state index is 12.7. The second-order valence-corrected chi connectivity index (χ2v) is 7.25. The van der Waals surface area contributed by atoms with Crippen LogP contribution in [0.5, 0.6) is 5.75 Å². The second-order valence-electron chi connectivity index (χ2n) is 6.46. The number of carbonyl (C=O) groups is 2. The highest BCUT2D eigenvalue weighted by Crippen LogP contribution is 2.24. The van der Waals surface area contributed by atoms with Gasteiger partial charge in [0.1, 0.15) is 10.9 Å². The van der Waals surface area contributed by atoms with E-state index in [4.69, 9.17) is 27.9 Å². The van der Waals surface area contributed by atoms with Gasteiger partial charge in [0.2, 0.25) is 5.78 Å². The number of aromatic nitrogens is 2. The lowest BCUT2D eigenvalue weighted by Crippen LogP contribution is -2.16. The minimum atomic E-state index is -2.91. The van der Waals surface area contributed by atoms with Gasteiger partial charge in [-0.25, -0.2) is 9.78 Å². The predicted octanol–water partition coefficient (Wildman–Crippen LogP) is 5.44. The van der Waals surface area contributed by atoms with Crippen molar-refractivity contribution >= 4 is 35.0 Å². The van der Waals surface area contributed by atoms with Crippen LogP contribution in [-0.2, 0) is 4.74 Å². The molecule has 0 aliphatic rings. The molecule has 2 heterocycles. The summed E-state index contributed by atoms with van der Waals surface area (Å²) in [4.78, 5) is 28.7. The summed E-state index contributed by atoms with van der Waals surface area (Å²) in [5.41, 5.74) is 2.15. The Morgan fingerprint density at radius 3 is 2.42 bits per heavy atom. The lowest BCUT2D eigenvalue weighted by atomic mass is 10.1. The van der Waals surface area contributed by atoms with E-state index in [1.165, 1.54) is 24.3 Å². The average molecular weight is 469 g/mol. The Balaban J connectivity index is 1.76. The van der Waals surface area contributed by atoms with Gasteiger partial charge in [-0.1, -0.05) is 23.2 Å². The van der Waals surface area contributed by atoms with Crippen LogP contribution in [0.1, 0.15) is 32.2 Å². The highest BCUT2D eigenvalue weighted by Gasteiger charge is 2.20. The molecule has 3 aromatic rings. The van der Waals surface area contributed by atoms with Crippen molar-refractivity contribution in [2.75, 3.05) is 6.61 Å². The molecule has 0 aliphatic heterocycles. The normalized spacial score (nSPS) is 10.9. The third kappa shape index (κ3) is 5.21. The van der Waals surface area contributed by atoms with Gasteiger partial charge in [0.25, 0.3) is 0 Å². The number of carbonyl (C=O) groups excluding carboxylic acids is 2. The lowest BCUT2D eigenvalue weighted by molar-refractivity contribution is -0.0498. The van der Waals surface area contributed by atoms with Gasteiger partial charge in [0, 0.05) is 22.6 Å². The molecule has 0 amide bonds. The first kappa shape index (κ1) is 22.7. The zero-order chi connectivity index (χ0) is 22.7. The maximum absolute atomic E-state index is 12.7. The third-order valence-electron chi connectivity index (χ3n) is 4.39. The van der Waals surface area contributed by atoms with Crippen LogP contribution in [0, 0.1) is 13.8 Å². The van der Waals surface area contributed by atoms with Crippen LogP contribution >= 0.6 is 23.2 Å². The fourth-order valence-corrected chi connectivity index (χ4v) is 3.39. The molecule has 2 aromatic heterocycles. The van der Waals surface area contributed by atoms with Gasteiger partial charge in [-0.15, -0.1) is 0 Å². The quantitative estimate of drug-likeness (QED) is 0.262. The van der Waals surface area contributed by atoms with Crippen LogP contribution in [0.3, 0.4) is 0 Å². The van der Waals surface area contributed by atoms with Crippen LogP contribution in [0.2, 0.25) is 10.2 Å². The first-order valence-corrected chi connectivity index (χ1v) is 9.69. The first-order chi connectivity index (χ1) is 14.7. The monoisotopic (exact) mass is 468 g/mol. The summed E-state index contributed by atoms with van der Waals surface area (Å²) in [6, 6.07) is 10.5. The fraction of sp³-hybridized carbons (Fsp3) is 0.190. The van der Waals surface area contributed by atoms with Crippen LogP contribution in [0.4, 0.5) is 8.78 Å². The largest absolute Gasteiger partial charge is 0.453 e. The van der Waals surface area contributed by atoms with Gasteiger partial charge >= 0.3 is 12.6 Å². The zero-order valence-electron chi connectivity index (χ0n) is 16.4. The maximum Gasteiger partial charge on any atom is 0.387 e. The Bertz CT molecular complexity index is 1130. The number of ketones is 1. The molecular formula is C21H16Cl2F2N2O4. The number of Topliss-reactive ketones (excluding diaryl/α,β-unsaturated/α-hetero) is 1. The summed E-state index contributed by atoms with van der Waals surface area (Å²) in [6.45, 7) is 0.0787. The highest BCUT2D eigenvalue weighted by molar-refractivity contribution is 6.34. The van der Waals surface area contributed by atoms with Gasteiger partial charge < -0.3 is 14.0 Å². The molecule has 0 unspecified atom stereocenters. The number of rotatable bonds is 7. The van der Waals surface area contributed by atoms with E-state index in [0.717, 1.165) is 5.69 Å². The van der Waals surface area contributed by atoms with Crippen LogP contribution in [0.25, 0.3) is 5.69 Å². The Morgan fingerprint density at radius 1 is 1.10 bits per heavy atom. The number of esters is 1. The van der Waals surface area contributed by atoms with E-state index in [0.29, 0.717) is 16.9 Å². The van der Waals surface area contributed by atoms with Crippen LogP contribution in [-0.4, -0.2) is 34.5 Å². The number of benzene rings is 1. The van der Waals surface area contributed by atoms with E-state index in [-0.39, 0.29) is 21.6 Å². The molecule has 0 atom stereocenters. The van der Waals surface area contributed by atoms with Gasteiger partial charge in [0.15, 0.2) is 12.3 Å². The van der Waals surface area contributed by atoms with Gasteiger partial charge in [0.05, 0.1) is 5.02 Å². The molecule has 0 saturated carbocycles. The molecule has 1 aromatic carbocycles. The van der Waals surface area contributed by atoms with E-state index in [9.17, 15) is 18.4 Å². The number of halogens is 4. The molecule has 0 radical (unpaired) electrons. The van der Waals surface area contributed by atoms with Gasteiger partial charge in [-0.2, -0.15) is 8.78 Å². The molecule has 0 saturated heterocycles. The number of hydrogen-bond acceptors (Lipinski definition) is 5. The van der Waals surface area contributed by atoms with E-state index in [2.05, 4.69) is 9.72 Å². The Labute approximate surface area is 186 Å². The summed E-state index contributed by atoms with van der Waals surface area (Å²) < 4.78 is 35.8. The second kappa shape index (κ2) is 9.45. The SMILES string of the molecule is Cc1cc(C(=O)COC(=O)c2nc(Cl)ccc2Cl)c(C)n1-c1ccc(OC(F)F)cc1. The molecule has 162 valence electrons. The number of hydrogen-bond donors (Lipinski definition) is 0. The average Bonchev–Trinajstić information content (AvgIpc) is 3.02. The molecule has 10 heteroatoms. The number of aryl methyl sites for hydroxylation is 1. The van der Waals surface area contributed by atoms with E-state index < -0.39 is 25.0 Å².